The second-order valence-electron chi connectivity index (χ2n) is 2.43. The van der Waals surface area contributed by atoms with Crippen LogP contribution in [0.3, 0.4) is 0 Å². The van der Waals surface area contributed by atoms with Crippen LogP contribution in [0.1, 0.15) is 11.8 Å². The fourth-order valence-electron chi connectivity index (χ4n) is 0.796. The van der Waals surface area contributed by atoms with Crippen LogP contribution in [-0.4, -0.2) is 37.7 Å². The molecule has 1 unspecified atom stereocenters. The second kappa shape index (κ2) is 3.97. The highest BCUT2D eigenvalue weighted by Gasteiger charge is 2.17. The maximum atomic E-state index is 10.5. The molecule has 72 valence electrons. The van der Waals surface area contributed by atoms with E-state index in [1.165, 1.54) is 10.9 Å². The highest BCUT2D eigenvalue weighted by molar-refractivity contribution is 5.79. The summed E-state index contributed by atoms with van der Waals surface area (Å²) in [6.07, 6.45) is -0.0847. The molecule has 1 rings (SSSR count). The highest BCUT2D eigenvalue weighted by Crippen LogP contribution is 2.06. The molecule has 0 aliphatic heterocycles. The number of amides is 1. The Hall–Kier alpha value is -1.47. The molecule has 7 heteroatoms. The summed E-state index contributed by atoms with van der Waals surface area (Å²) in [7, 11) is 0. The molecule has 7 nitrogen and oxygen atoms in total. The molecule has 0 saturated carbocycles. The zero-order valence-electron chi connectivity index (χ0n) is 6.79. The van der Waals surface area contributed by atoms with Crippen molar-refractivity contribution in [2.24, 2.45) is 5.73 Å². The van der Waals surface area contributed by atoms with Crippen molar-refractivity contribution < 1.29 is 15.0 Å². The molecule has 0 aliphatic rings. The van der Waals surface area contributed by atoms with Gasteiger partial charge in [0.2, 0.25) is 0 Å². The molecule has 0 bridgehead atoms. The average Bonchev–Trinajstić information content (AvgIpc) is 2.52. The normalized spacial score (nSPS) is 12.8. The van der Waals surface area contributed by atoms with Gasteiger partial charge < -0.3 is 15.9 Å². The van der Waals surface area contributed by atoms with Crippen molar-refractivity contribution in [3.8, 4) is 0 Å². The lowest BCUT2D eigenvalue weighted by atomic mass is 10.3. The van der Waals surface area contributed by atoms with Crippen molar-refractivity contribution >= 4 is 5.91 Å². The molecule has 0 aromatic carbocycles. The number of nitrogens with zero attached hydrogens (tertiary/aromatic N) is 3. The van der Waals surface area contributed by atoms with Gasteiger partial charge in [0.25, 0.3) is 5.91 Å². The minimum Gasteiger partial charge on any atom is -0.394 e. The van der Waals surface area contributed by atoms with Gasteiger partial charge in [0.15, 0.2) is 6.10 Å². The van der Waals surface area contributed by atoms with Gasteiger partial charge in [0.05, 0.1) is 19.3 Å². The lowest BCUT2D eigenvalue weighted by Crippen LogP contribution is -2.21. The molecule has 0 aliphatic carbocycles. The van der Waals surface area contributed by atoms with Crippen LogP contribution in [0.25, 0.3) is 0 Å². The molecule has 1 aromatic heterocycles. The summed E-state index contributed by atoms with van der Waals surface area (Å²) in [5.74, 6) is -0.879. The summed E-state index contributed by atoms with van der Waals surface area (Å²) < 4.78 is 1.31. The van der Waals surface area contributed by atoms with Crippen molar-refractivity contribution in [2.45, 2.75) is 12.6 Å². The molecule has 0 saturated heterocycles. The molecule has 1 amide bonds. The Bertz CT molecular complexity index is 298. The number of primary amides is 1. The molecular weight excluding hydrogens is 176 g/mol. The first-order valence-electron chi connectivity index (χ1n) is 3.63. The van der Waals surface area contributed by atoms with Crippen LogP contribution in [0.5, 0.6) is 0 Å². The van der Waals surface area contributed by atoms with Crippen LogP contribution in [0, 0.1) is 0 Å². The van der Waals surface area contributed by atoms with Crippen LogP contribution in [0.2, 0.25) is 0 Å². The lowest BCUT2D eigenvalue weighted by molar-refractivity contribution is -0.126. The maximum absolute atomic E-state index is 10.5. The van der Waals surface area contributed by atoms with Gasteiger partial charge in [-0.25, -0.2) is 4.68 Å². The fourth-order valence-corrected chi connectivity index (χ4v) is 0.796. The van der Waals surface area contributed by atoms with E-state index in [9.17, 15) is 4.79 Å². The zero-order valence-corrected chi connectivity index (χ0v) is 6.79. The summed E-state index contributed by atoms with van der Waals surface area (Å²) in [6, 6.07) is 0. The van der Waals surface area contributed by atoms with Crippen LogP contribution < -0.4 is 5.73 Å². The van der Waals surface area contributed by atoms with E-state index in [4.69, 9.17) is 15.9 Å². The van der Waals surface area contributed by atoms with Gasteiger partial charge in [0, 0.05) is 0 Å². The van der Waals surface area contributed by atoms with E-state index in [1.54, 1.807) is 0 Å². The molecule has 0 spiro atoms. The summed E-state index contributed by atoms with van der Waals surface area (Å²) in [5, 5.41) is 24.7. The largest absolute Gasteiger partial charge is 0.394 e. The van der Waals surface area contributed by atoms with Gasteiger partial charge in [-0.1, -0.05) is 5.21 Å². The van der Waals surface area contributed by atoms with Gasteiger partial charge in [-0.3, -0.25) is 4.79 Å². The van der Waals surface area contributed by atoms with E-state index in [0.717, 1.165) is 0 Å². The molecular formula is C6H10N4O3. The van der Waals surface area contributed by atoms with E-state index < -0.39 is 12.0 Å². The van der Waals surface area contributed by atoms with Crippen LogP contribution in [0.15, 0.2) is 6.20 Å². The third-order valence-electron chi connectivity index (χ3n) is 1.44. The van der Waals surface area contributed by atoms with Crippen LogP contribution in [0.4, 0.5) is 0 Å². The van der Waals surface area contributed by atoms with Crippen molar-refractivity contribution in [1.29, 1.82) is 0 Å². The molecule has 1 heterocycles. The van der Waals surface area contributed by atoms with Crippen molar-refractivity contribution in [1.82, 2.24) is 15.0 Å². The number of rotatable bonds is 4. The van der Waals surface area contributed by atoms with Crippen LogP contribution in [-0.2, 0) is 11.3 Å². The summed E-state index contributed by atoms with van der Waals surface area (Å²) in [4.78, 5) is 10.5. The summed E-state index contributed by atoms with van der Waals surface area (Å²) >= 11 is 0. The smallest absolute Gasteiger partial charge is 0.252 e. The van der Waals surface area contributed by atoms with E-state index >= 15 is 0 Å². The number of aromatic nitrogens is 3. The number of carbonyl (C=O) groups is 1. The summed E-state index contributed by atoms with van der Waals surface area (Å²) in [6.45, 7) is 0.175. The third-order valence-corrected chi connectivity index (χ3v) is 1.44. The predicted molar refractivity (Wildman–Crippen MR) is 41.3 cm³/mol. The van der Waals surface area contributed by atoms with Gasteiger partial charge in [0.1, 0.15) is 5.69 Å². The SMILES string of the molecule is NC(=O)C(O)c1cn(CCO)nn1. The Morgan fingerprint density at radius 3 is 3.00 bits per heavy atom. The number of hydrogen-bond acceptors (Lipinski definition) is 5. The first-order chi connectivity index (χ1) is 6.15. The topological polar surface area (TPSA) is 114 Å². The van der Waals surface area contributed by atoms with E-state index in [2.05, 4.69) is 10.3 Å². The maximum Gasteiger partial charge on any atom is 0.252 e. The molecule has 13 heavy (non-hydrogen) atoms. The number of carbonyl (C=O) groups excluding carboxylic acids is 1. The van der Waals surface area contributed by atoms with E-state index in [1.807, 2.05) is 0 Å². The second-order valence-corrected chi connectivity index (χ2v) is 2.43. The Morgan fingerprint density at radius 2 is 2.46 bits per heavy atom. The molecule has 1 aromatic rings. The Labute approximate surface area is 73.8 Å². The molecule has 4 N–H and O–H groups in total. The Balaban J connectivity index is 2.73. The van der Waals surface area contributed by atoms with Crippen LogP contribution >= 0.6 is 0 Å². The molecule has 0 radical (unpaired) electrons. The van der Waals surface area contributed by atoms with Gasteiger partial charge in [-0.05, 0) is 0 Å². The van der Waals surface area contributed by atoms with Crippen molar-refractivity contribution in [2.75, 3.05) is 6.61 Å². The summed E-state index contributed by atoms with van der Waals surface area (Å²) in [5.41, 5.74) is 4.92. The number of aliphatic hydroxyl groups excluding tert-OH is 2. The first kappa shape index (κ1) is 9.62. The van der Waals surface area contributed by atoms with Crippen molar-refractivity contribution in [3.63, 3.8) is 0 Å². The monoisotopic (exact) mass is 186 g/mol. The van der Waals surface area contributed by atoms with Gasteiger partial charge >= 0.3 is 0 Å². The highest BCUT2D eigenvalue weighted by atomic mass is 16.3. The average molecular weight is 186 g/mol. The molecule has 1 atom stereocenters. The zero-order chi connectivity index (χ0) is 9.84. The van der Waals surface area contributed by atoms with E-state index in [0.29, 0.717) is 0 Å². The number of aliphatic hydroxyl groups is 2. The Kier molecular flexibility index (Phi) is 2.93. The first-order valence-corrected chi connectivity index (χ1v) is 3.63. The third kappa shape index (κ3) is 2.23. The number of nitrogens with two attached hydrogens (primary N) is 1. The minimum atomic E-state index is -1.44. The fraction of sp³-hybridized carbons (Fsp3) is 0.500. The Morgan fingerprint density at radius 1 is 1.77 bits per heavy atom. The van der Waals surface area contributed by atoms with Gasteiger partial charge in [-0.2, -0.15) is 0 Å². The quantitative estimate of drug-likeness (QED) is 0.493. The number of hydrogen-bond donors (Lipinski definition) is 3. The van der Waals surface area contributed by atoms with Crippen molar-refractivity contribution in [3.05, 3.63) is 11.9 Å². The van der Waals surface area contributed by atoms with E-state index in [-0.39, 0.29) is 18.8 Å². The molecule has 0 fully saturated rings. The van der Waals surface area contributed by atoms with Gasteiger partial charge in [-0.15, -0.1) is 5.10 Å². The minimum absolute atomic E-state index is 0.0842. The standard InChI is InChI=1S/C6H10N4O3/c7-6(13)5(12)4-3-10(1-2-11)9-8-4/h3,5,11-12H,1-2H2,(H2,7,13). The lowest BCUT2D eigenvalue weighted by Gasteiger charge is -1.99. The predicted octanol–water partition coefficient (Wildman–Crippen LogP) is -2.21.